The molecule has 2 aromatic rings. The highest BCUT2D eigenvalue weighted by Gasteiger charge is 2.03. The smallest absolute Gasteiger partial charge is 0.0947 e. The van der Waals surface area contributed by atoms with Crippen molar-refractivity contribution < 1.29 is 4.42 Å². The molecule has 0 aliphatic heterocycles. The molecule has 98 valence electrons. The molecule has 3 nitrogen and oxygen atoms in total. The van der Waals surface area contributed by atoms with Crippen LogP contribution >= 0.6 is 22.9 Å². The summed E-state index contributed by atoms with van der Waals surface area (Å²) < 4.78 is 5.87. The van der Waals surface area contributed by atoms with Gasteiger partial charge >= 0.3 is 0 Å². The second-order valence-corrected chi connectivity index (χ2v) is 6.05. The third kappa shape index (κ3) is 4.46. The third-order valence-corrected chi connectivity index (χ3v) is 3.85. The van der Waals surface area contributed by atoms with E-state index in [9.17, 15) is 0 Å². The minimum atomic E-state index is 0.856. The second-order valence-electron chi connectivity index (χ2n) is 4.25. The Bertz CT molecular complexity index is 455. The predicted octanol–water partition coefficient (Wildman–Crippen LogP) is 3.22. The van der Waals surface area contributed by atoms with Gasteiger partial charge < -0.3 is 14.6 Å². The first-order valence-electron chi connectivity index (χ1n) is 5.88. The lowest BCUT2D eigenvalue weighted by Gasteiger charge is -2.15. The zero-order chi connectivity index (χ0) is 12.8. The normalized spacial score (nSPS) is 11.3. The van der Waals surface area contributed by atoms with E-state index in [1.165, 1.54) is 10.4 Å². The summed E-state index contributed by atoms with van der Waals surface area (Å²) >= 11 is 7.55. The van der Waals surface area contributed by atoms with E-state index in [0.717, 1.165) is 30.5 Å². The number of hydrogen-bond acceptors (Lipinski definition) is 4. The number of nitrogens with one attached hydrogen (secondary N) is 1. The van der Waals surface area contributed by atoms with Gasteiger partial charge in [0.1, 0.15) is 0 Å². The topological polar surface area (TPSA) is 28.4 Å². The van der Waals surface area contributed by atoms with Crippen LogP contribution < -0.4 is 5.32 Å². The maximum atomic E-state index is 5.91. The molecule has 2 aromatic heterocycles. The molecule has 0 amide bonds. The van der Waals surface area contributed by atoms with Gasteiger partial charge in [-0.1, -0.05) is 11.6 Å². The fourth-order valence-corrected chi connectivity index (χ4v) is 2.85. The van der Waals surface area contributed by atoms with Crippen LogP contribution in [-0.4, -0.2) is 25.0 Å². The van der Waals surface area contributed by atoms with E-state index in [0.29, 0.717) is 0 Å². The zero-order valence-electron chi connectivity index (χ0n) is 10.4. The lowest BCUT2D eigenvalue weighted by atomic mass is 10.3. The zero-order valence-corrected chi connectivity index (χ0v) is 11.9. The van der Waals surface area contributed by atoms with E-state index in [1.807, 2.05) is 12.1 Å². The molecule has 0 aliphatic carbocycles. The molecule has 2 rings (SSSR count). The van der Waals surface area contributed by atoms with Gasteiger partial charge in [0.05, 0.1) is 16.9 Å². The van der Waals surface area contributed by atoms with Crippen molar-refractivity contribution in [2.45, 2.75) is 13.1 Å². The van der Waals surface area contributed by atoms with Crippen molar-refractivity contribution in [2.24, 2.45) is 0 Å². The molecule has 0 fully saturated rings. The first-order chi connectivity index (χ1) is 8.74. The lowest BCUT2D eigenvalue weighted by molar-refractivity contribution is 0.327. The van der Waals surface area contributed by atoms with Crippen molar-refractivity contribution in [1.82, 2.24) is 10.2 Å². The van der Waals surface area contributed by atoms with Gasteiger partial charge in [-0.3, -0.25) is 0 Å². The van der Waals surface area contributed by atoms with Gasteiger partial charge in [0.25, 0.3) is 0 Å². The second kappa shape index (κ2) is 6.95. The Morgan fingerprint density at radius 3 is 2.94 bits per heavy atom. The first kappa shape index (κ1) is 13.6. The monoisotopic (exact) mass is 284 g/mol. The average Bonchev–Trinajstić information content (AvgIpc) is 2.96. The molecule has 0 radical (unpaired) electrons. The van der Waals surface area contributed by atoms with E-state index in [4.69, 9.17) is 16.0 Å². The van der Waals surface area contributed by atoms with Crippen LogP contribution in [0.3, 0.4) is 0 Å². The van der Waals surface area contributed by atoms with E-state index < -0.39 is 0 Å². The highest BCUT2D eigenvalue weighted by atomic mass is 35.5. The van der Waals surface area contributed by atoms with E-state index in [2.05, 4.69) is 23.3 Å². The number of hydrogen-bond donors (Lipinski definition) is 1. The third-order valence-electron chi connectivity index (χ3n) is 2.63. The van der Waals surface area contributed by atoms with Gasteiger partial charge in [-0.05, 0) is 25.2 Å². The van der Waals surface area contributed by atoms with Crippen molar-refractivity contribution >= 4 is 22.9 Å². The van der Waals surface area contributed by atoms with Crippen LogP contribution in [0.5, 0.6) is 0 Å². The molecule has 0 aliphatic rings. The molecule has 0 spiro atoms. The van der Waals surface area contributed by atoms with Crippen LogP contribution in [0.15, 0.2) is 35.1 Å². The van der Waals surface area contributed by atoms with Crippen molar-refractivity contribution in [2.75, 3.05) is 20.1 Å². The summed E-state index contributed by atoms with van der Waals surface area (Å²) in [6.07, 6.45) is 3.47. The molecule has 0 aromatic carbocycles. The molecule has 18 heavy (non-hydrogen) atoms. The number of halogens is 1. The maximum absolute atomic E-state index is 5.91. The fraction of sp³-hybridized carbons (Fsp3) is 0.385. The summed E-state index contributed by atoms with van der Waals surface area (Å²) in [5.41, 5.74) is 1.18. The van der Waals surface area contributed by atoms with Crippen molar-refractivity contribution in [1.29, 1.82) is 0 Å². The molecule has 0 bridgehead atoms. The molecule has 5 heteroatoms. The Morgan fingerprint density at radius 2 is 2.28 bits per heavy atom. The largest absolute Gasteiger partial charge is 0.472 e. The predicted molar refractivity (Wildman–Crippen MR) is 76.1 cm³/mol. The van der Waals surface area contributed by atoms with Crippen LogP contribution in [0.4, 0.5) is 0 Å². The minimum absolute atomic E-state index is 0.856. The highest BCUT2D eigenvalue weighted by Crippen LogP contribution is 2.22. The fourth-order valence-electron chi connectivity index (χ4n) is 1.68. The quantitative estimate of drug-likeness (QED) is 0.792. The summed E-state index contributed by atoms with van der Waals surface area (Å²) in [6, 6.07) is 6.01. The van der Waals surface area contributed by atoms with Gasteiger partial charge in [0.2, 0.25) is 0 Å². The summed E-state index contributed by atoms with van der Waals surface area (Å²) in [5, 5.41) is 3.39. The van der Waals surface area contributed by atoms with Gasteiger partial charge in [0.15, 0.2) is 0 Å². The highest BCUT2D eigenvalue weighted by molar-refractivity contribution is 7.16. The standard InChI is InChI=1S/C13H17ClN2OS/c1-16(9-12-2-3-13(14)18-12)6-5-15-8-11-4-7-17-10-11/h2-4,7,10,15H,5-6,8-9H2,1H3. The molecule has 0 unspecified atom stereocenters. The lowest BCUT2D eigenvalue weighted by Crippen LogP contribution is -2.28. The number of thiophene rings is 1. The number of likely N-dealkylation sites (N-methyl/N-ethyl adjacent to an activating group) is 1. The Kier molecular flexibility index (Phi) is 5.26. The first-order valence-corrected chi connectivity index (χ1v) is 7.08. The molecule has 0 saturated carbocycles. The van der Waals surface area contributed by atoms with E-state index >= 15 is 0 Å². The van der Waals surface area contributed by atoms with Crippen LogP contribution in [0, 0.1) is 0 Å². The van der Waals surface area contributed by atoms with Gasteiger partial charge in [0, 0.05) is 36.6 Å². The van der Waals surface area contributed by atoms with Crippen molar-refractivity contribution in [3.8, 4) is 0 Å². The van der Waals surface area contributed by atoms with Gasteiger partial charge in [-0.15, -0.1) is 11.3 Å². The van der Waals surface area contributed by atoms with Crippen LogP contribution in [0.2, 0.25) is 4.34 Å². The Balaban J connectivity index is 1.61. The van der Waals surface area contributed by atoms with E-state index in [-0.39, 0.29) is 0 Å². The SMILES string of the molecule is CN(CCNCc1ccoc1)Cc1ccc(Cl)s1. The number of nitrogens with zero attached hydrogens (tertiary/aromatic N) is 1. The van der Waals surface area contributed by atoms with Gasteiger partial charge in [-0.2, -0.15) is 0 Å². The Hall–Kier alpha value is -0.810. The van der Waals surface area contributed by atoms with Crippen LogP contribution in [0.25, 0.3) is 0 Å². The molecule has 2 heterocycles. The summed E-state index contributed by atoms with van der Waals surface area (Å²) in [5.74, 6) is 0. The van der Waals surface area contributed by atoms with Crippen molar-refractivity contribution in [3.63, 3.8) is 0 Å². The van der Waals surface area contributed by atoms with E-state index in [1.54, 1.807) is 23.9 Å². The van der Waals surface area contributed by atoms with Gasteiger partial charge in [-0.25, -0.2) is 0 Å². The number of rotatable bonds is 7. The maximum Gasteiger partial charge on any atom is 0.0947 e. The summed E-state index contributed by atoms with van der Waals surface area (Å²) in [4.78, 5) is 3.59. The average molecular weight is 285 g/mol. The van der Waals surface area contributed by atoms with Crippen LogP contribution in [0.1, 0.15) is 10.4 Å². The summed E-state index contributed by atoms with van der Waals surface area (Å²) in [7, 11) is 2.12. The molecular weight excluding hydrogens is 268 g/mol. The Labute approximate surface area is 116 Å². The molecule has 1 N–H and O–H groups in total. The molecule has 0 atom stereocenters. The minimum Gasteiger partial charge on any atom is -0.472 e. The Morgan fingerprint density at radius 1 is 1.39 bits per heavy atom. The van der Waals surface area contributed by atoms with Crippen LogP contribution in [-0.2, 0) is 13.1 Å². The molecular formula is C13H17ClN2OS. The number of furan rings is 1. The summed E-state index contributed by atoms with van der Waals surface area (Å²) in [6.45, 7) is 3.77. The van der Waals surface area contributed by atoms with Crippen molar-refractivity contribution in [3.05, 3.63) is 45.5 Å². The molecule has 0 saturated heterocycles.